The van der Waals surface area contributed by atoms with E-state index in [2.05, 4.69) is 0 Å². The highest BCUT2D eigenvalue weighted by Crippen LogP contribution is 2.38. The lowest BCUT2D eigenvalue weighted by atomic mass is 9.79. The van der Waals surface area contributed by atoms with Gasteiger partial charge in [-0.3, -0.25) is 4.79 Å². The van der Waals surface area contributed by atoms with Crippen LogP contribution in [-0.2, 0) is 22.6 Å². The molecule has 1 aromatic carbocycles. The molecule has 24 heavy (non-hydrogen) atoms. The summed E-state index contributed by atoms with van der Waals surface area (Å²) in [7, 11) is 0. The molecule has 0 spiro atoms. The molecule has 1 heterocycles. The molecule has 1 unspecified atom stereocenters. The van der Waals surface area contributed by atoms with Crippen molar-refractivity contribution in [1.82, 2.24) is 4.31 Å². The predicted molar refractivity (Wildman–Crippen MR) is 98.5 cm³/mol. The van der Waals surface area contributed by atoms with Crippen LogP contribution in [0.25, 0.3) is 0 Å². The van der Waals surface area contributed by atoms with Gasteiger partial charge in [-0.25, -0.2) is 0 Å². The molecular weight excluding hydrogens is 346 g/mol. The van der Waals surface area contributed by atoms with Crippen LogP contribution in [-0.4, -0.2) is 37.3 Å². The second-order valence-electron chi connectivity index (χ2n) is 7.83. The van der Waals surface area contributed by atoms with Crippen LogP contribution in [0, 0.1) is 5.41 Å². The molecule has 134 valence electrons. The minimum atomic E-state index is -1.25. The molecule has 1 fully saturated rings. The SMILES string of the molecule is CC(C)(C)[S+]([O-])N1C[C@@](C)(C(=O)O)CC[C@@H]1Cc1ccc(Cl)cc1. The molecular formula is C18H26ClNO3S. The number of carboxylic acids is 1. The van der Waals surface area contributed by atoms with Crippen molar-refractivity contribution >= 4 is 28.9 Å². The molecule has 4 nitrogen and oxygen atoms in total. The Kier molecular flexibility index (Phi) is 5.91. The van der Waals surface area contributed by atoms with E-state index in [1.165, 1.54) is 0 Å². The molecule has 6 heteroatoms. The first-order valence-corrected chi connectivity index (χ1v) is 9.68. The highest BCUT2D eigenvalue weighted by atomic mass is 35.5. The summed E-state index contributed by atoms with van der Waals surface area (Å²) in [5.41, 5.74) is 0.274. The molecule has 1 aliphatic rings. The first-order chi connectivity index (χ1) is 11.0. The van der Waals surface area contributed by atoms with Gasteiger partial charge < -0.3 is 9.66 Å². The molecule has 0 aliphatic carbocycles. The Hall–Kier alpha value is -0.750. The minimum Gasteiger partial charge on any atom is -0.597 e. The molecule has 1 aromatic rings. The van der Waals surface area contributed by atoms with Crippen molar-refractivity contribution in [3.8, 4) is 0 Å². The van der Waals surface area contributed by atoms with Gasteiger partial charge in [0.1, 0.15) is 4.75 Å². The second-order valence-corrected chi connectivity index (χ2v) is 10.5. The van der Waals surface area contributed by atoms with Crippen molar-refractivity contribution in [3.05, 3.63) is 34.9 Å². The van der Waals surface area contributed by atoms with Gasteiger partial charge in [0.2, 0.25) is 0 Å². The number of carbonyl (C=O) groups is 1. The summed E-state index contributed by atoms with van der Waals surface area (Å²) >= 11 is 4.69. The maximum Gasteiger partial charge on any atom is 0.310 e. The van der Waals surface area contributed by atoms with E-state index < -0.39 is 27.5 Å². The molecule has 0 saturated carbocycles. The van der Waals surface area contributed by atoms with E-state index in [0.29, 0.717) is 24.4 Å². The van der Waals surface area contributed by atoms with Gasteiger partial charge in [0.05, 0.1) is 18.0 Å². The van der Waals surface area contributed by atoms with Crippen LogP contribution in [0.4, 0.5) is 0 Å². The summed E-state index contributed by atoms with van der Waals surface area (Å²) < 4.78 is 14.5. The number of halogens is 1. The van der Waals surface area contributed by atoms with E-state index >= 15 is 0 Å². The largest absolute Gasteiger partial charge is 0.597 e. The van der Waals surface area contributed by atoms with Gasteiger partial charge in [-0.05, 0) is 64.7 Å². The fourth-order valence-corrected chi connectivity index (χ4v) is 4.68. The smallest absolute Gasteiger partial charge is 0.310 e. The first-order valence-electron chi connectivity index (χ1n) is 8.19. The average Bonchev–Trinajstić information content (AvgIpc) is 2.49. The lowest BCUT2D eigenvalue weighted by Gasteiger charge is -2.45. The average molecular weight is 372 g/mol. The lowest BCUT2D eigenvalue weighted by molar-refractivity contribution is -0.150. The van der Waals surface area contributed by atoms with E-state index in [1.54, 1.807) is 6.92 Å². The molecule has 1 N–H and O–H groups in total. The van der Waals surface area contributed by atoms with Crippen molar-refractivity contribution < 1.29 is 14.5 Å². The molecule has 2 rings (SSSR count). The zero-order chi connectivity index (χ0) is 18.1. The molecule has 1 saturated heterocycles. The number of aliphatic carboxylic acids is 1. The molecule has 0 bridgehead atoms. The topological polar surface area (TPSA) is 63.6 Å². The fraction of sp³-hybridized carbons (Fsp3) is 0.611. The Morgan fingerprint density at radius 3 is 2.50 bits per heavy atom. The summed E-state index contributed by atoms with van der Waals surface area (Å²) in [5.74, 6) is -0.816. The zero-order valence-electron chi connectivity index (χ0n) is 14.7. The molecule has 0 radical (unpaired) electrons. The lowest BCUT2D eigenvalue weighted by Crippen LogP contribution is -2.57. The van der Waals surface area contributed by atoms with Gasteiger partial charge in [0.15, 0.2) is 0 Å². The molecule has 3 atom stereocenters. The Labute approximate surface area is 152 Å². The summed E-state index contributed by atoms with van der Waals surface area (Å²) in [6.45, 7) is 7.84. The van der Waals surface area contributed by atoms with Gasteiger partial charge in [0, 0.05) is 16.4 Å². The molecule has 1 aliphatic heterocycles. The Balaban J connectivity index is 2.24. The van der Waals surface area contributed by atoms with Crippen molar-refractivity contribution in [1.29, 1.82) is 0 Å². The number of carboxylic acid groups (broad SMARTS) is 1. The number of piperidine rings is 1. The van der Waals surface area contributed by atoms with Gasteiger partial charge in [-0.15, -0.1) is 4.31 Å². The van der Waals surface area contributed by atoms with E-state index in [9.17, 15) is 14.5 Å². The van der Waals surface area contributed by atoms with Gasteiger partial charge in [0.25, 0.3) is 0 Å². The third kappa shape index (κ3) is 4.45. The van der Waals surface area contributed by atoms with Crippen molar-refractivity contribution in [2.45, 2.75) is 57.7 Å². The number of hydrogen-bond acceptors (Lipinski definition) is 3. The third-order valence-corrected chi connectivity index (χ3v) is 6.73. The number of benzene rings is 1. The summed E-state index contributed by atoms with van der Waals surface area (Å²) in [5, 5.41) is 10.3. The van der Waals surface area contributed by atoms with E-state index in [0.717, 1.165) is 12.0 Å². The van der Waals surface area contributed by atoms with E-state index in [1.807, 2.05) is 49.3 Å². The first kappa shape index (κ1) is 19.6. The van der Waals surface area contributed by atoms with Crippen molar-refractivity contribution in [2.75, 3.05) is 6.54 Å². The summed E-state index contributed by atoms with van der Waals surface area (Å²) in [4.78, 5) is 11.7. The van der Waals surface area contributed by atoms with Crippen molar-refractivity contribution in [3.63, 3.8) is 0 Å². The highest BCUT2D eigenvalue weighted by Gasteiger charge is 2.48. The summed E-state index contributed by atoms with van der Waals surface area (Å²) in [6.07, 6.45) is 2.06. The van der Waals surface area contributed by atoms with E-state index in [4.69, 9.17) is 11.6 Å². The van der Waals surface area contributed by atoms with Crippen LogP contribution >= 0.6 is 11.6 Å². The number of nitrogens with zero attached hydrogens (tertiary/aromatic N) is 1. The van der Waals surface area contributed by atoms with E-state index in [-0.39, 0.29) is 6.04 Å². The Morgan fingerprint density at radius 1 is 1.42 bits per heavy atom. The molecule has 0 aromatic heterocycles. The Morgan fingerprint density at radius 2 is 2.00 bits per heavy atom. The van der Waals surface area contributed by atoms with Gasteiger partial charge in [-0.2, -0.15) is 0 Å². The molecule has 0 amide bonds. The maximum atomic E-state index is 13.0. The predicted octanol–water partition coefficient (Wildman–Crippen LogP) is 3.90. The van der Waals surface area contributed by atoms with Crippen LogP contribution in [0.5, 0.6) is 0 Å². The normalized spacial score (nSPS) is 27.0. The fourth-order valence-electron chi connectivity index (χ4n) is 3.00. The van der Waals surface area contributed by atoms with Crippen LogP contribution in [0.15, 0.2) is 24.3 Å². The Bertz CT molecular complexity index is 587. The minimum absolute atomic E-state index is 0.0682. The van der Waals surface area contributed by atoms with Gasteiger partial charge in [-0.1, -0.05) is 23.7 Å². The summed E-state index contributed by atoms with van der Waals surface area (Å²) in [6, 6.07) is 7.73. The van der Waals surface area contributed by atoms with Crippen molar-refractivity contribution in [2.24, 2.45) is 5.41 Å². The zero-order valence-corrected chi connectivity index (χ0v) is 16.3. The highest BCUT2D eigenvalue weighted by molar-refractivity contribution is 7.90. The van der Waals surface area contributed by atoms with Crippen LogP contribution in [0.3, 0.4) is 0 Å². The van der Waals surface area contributed by atoms with Crippen LogP contribution < -0.4 is 0 Å². The number of rotatable bonds is 4. The van der Waals surface area contributed by atoms with Crippen LogP contribution in [0.1, 0.15) is 46.1 Å². The van der Waals surface area contributed by atoms with Gasteiger partial charge >= 0.3 is 5.97 Å². The quantitative estimate of drug-likeness (QED) is 0.815. The number of hydrogen-bond donors (Lipinski definition) is 1. The monoisotopic (exact) mass is 371 g/mol. The third-order valence-electron chi connectivity index (χ3n) is 4.58. The second kappa shape index (κ2) is 7.24. The standard InChI is InChI=1S/C18H26ClNO3S/c1-17(2,3)24(23)20-12-18(4,16(21)22)10-9-15(20)11-13-5-7-14(19)8-6-13/h5-8,15H,9-12H2,1-4H3,(H,21,22)/t15-,18+,24?/m1/s1. The maximum absolute atomic E-state index is 13.0. The van der Waals surface area contributed by atoms with Crippen LogP contribution in [0.2, 0.25) is 5.02 Å².